The zero-order chi connectivity index (χ0) is 20.4. The van der Waals surface area contributed by atoms with Gasteiger partial charge in [-0.3, -0.25) is 24.6 Å². The molecule has 3 N–H and O–H groups in total. The fraction of sp³-hybridized carbons (Fsp3) is 0.526. The molecule has 3 amide bonds. The van der Waals surface area contributed by atoms with E-state index in [0.29, 0.717) is 21.8 Å². The van der Waals surface area contributed by atoms with Gasteiger partial charge in [-0.15, -0.1) is 0 Å². The molecule has 0 unspecified atom stereocenters. The highest BCUT2D eigenvalue weighted by atomic mass is 35.5. The van der Waals surface area contributed by atoms with E-state index in [1.807, 2.05) is 0 Å². The summed E-state index contributed by atoms with van der Waals surface area (Å²) in [5.41, 5.74) is 0.389. The van der Waals surface area contributed by atoms with Crippen LogP contribution in [0.2, 0.25) is 5.02 Å². The summed E-state index contributed by atoms with van der Waals surface area (Å²) < 4.78 is 5.02. The zero-order valence-corrected chi connectivity index (χ0v) is 16.5. The molecular weight excluding hydrogens is 386 g/mol. The van der Waals surface area contributed by atoms with Crippen molar-refractivity contribution < 1.29 is 24.2 Å². The number of methoxy groups -OCH3 is 1. The molecule has 8 nitrogen and oxygen atoms in total. The minimum Gasteiger partial charge on any atom is -0.392 e. The molecule has 5 atom stereocenters. The van der Waals surface area contributed by atoms with Gasteiger partial charge in [0.2, 0.25) is 17.7 Å². The monoisotopic (exact) mass is 407 g/mol. The first-order valence-corrected chi connectivity index (χ1v) is 9.54. The minimum absolute atomic E-state index is 0.109. The van der Waals surface area contributed by atoms with E-state index < -0.39 is 47.2 Å². The van der Waals surface area contributed by atoms with Crippen molar-refractivity contribution in [3.8, 4) is 0 Å². The van der Waals surface area contributed by atoms with Crippen molar-refractivity contribution in [2.75, 3.05) is 25.6 Å². The van der Waals surface area contributed by atoms with Crippen LogP contribution in [0.3, 0.4) is 0 Å². The van der Waals surface area contributed by atoms with Crippen LogP contribution in [0.4, 0.5) is 5.69 Å². The minimum atomic E-state index is -1.43. The Morgan fingerprint density at radius 2 is 2.04 bits per heavy atom. The Hall–Kier alpha value is -2.00. The molecule has 2 saturated heterocycles. The van der Waals surface area contributed by atoms with Crippen molar-refractivity contribution in [1.82, 2.24) is 10.2 Å². The summed E-state index contributed by atoms with van der Waals surface area (Å²) in [6.45, 7) is 3.64. The van der Waals surface area contributed by atoms with E-state index in [0.717, 1.165) is 4.90 Å². The molecule has 9 heteroatoms. The lowest BCUT2D eigenvalue weighted by Gasteiger charge is -2.30. The Labute approximate surface area is 167 Å². The average molecular weight is 408 g/mol. The maximum atomic E-state index is 13.3. The van der Waals surface area contributed by atoms with E-state index in [-0.39, 0.29) is 13.2 Å². The number of rotatable bonds is 4. The number of fused-ring (bicyclic) bond motifs is 4. The third-order valence-electron chi connectivity index (χ3n) is 6.15. The zero-order valence-electron chi connectivity index (χ0n) is 15.8. The molecule has 28 heavy (non-hydrogen) atoms. The van der Waals surface area contributed by atoms with Gasteiger partial charge in [0.25, 0.3) is 0 Å². The number of halogens is 1. The lowest BCUT2D eigenvalue weighted by Crippen LogP contribution is -2.55. The van der Waals surface area contributed by atoms with Crippen LogP contribution in [0.1, 0.15) is 18.1 Å². The topological polar surface area (TPSA) is 108 Å². The first kappa shape index (κ1) is 19.3. The second-order valence-electron chi connectivity index (χ2n) is 7.59. The third-order valence-corrected chi connectivity index (χ3v) is 6.56. The predicted molar refractivity (Wildman–Crippen MR) is 101 cm³/mol. The van der Waals surface area contributed by atoms with Crippen molar-refractivity contribution in [2.24, 2.45) is 11.8 Å². The highest BCUT2D eigenvalue weighted by Crippen LogP contribution is 2.54. The maximum absolute atomic E-state index is 13.3. The molecule has 4 rings (SSSR count). The van der Waals surface area contributed by atoms with Crippen LogP contribution >= 0.6 is 11.6 Å². The number of imide groups is 1. The quantitative estimate of drug-likeness (QED) is 0.623. The summed E-state index contributed by atoms with van der Waals surface area (Å²) in [4.78, 5) is 40.6. The lowest BCUT2D eigenvalue weighted by molar-refractivity contribution is -0.143. The summed E-state index contributed by atoms with van der Waals surface area (Å²) >= 11 is 6.20. The van der Waals surface area contributed by atoms with Crippen LogP contribution in [-0.2, 0) is 24.7 Å². The van der Waals surface area contributed by atoms with Gasteiger partial charge in [-0.1, -0.05) is 17.7 Å². The molecule has 150 valence electrons. The average Bonchev–Trinajstić information content (AvgIpc) is 3.23. The van der Waals surface area contributed by atoms with Crippen molar-refractivity contribution in [1.29, 1.82) is 0 Å². The summed E-state index contributed by atoms with van der Waals surface area (Å²) in [5, 5.41) is 16.8. The summed E-state index contributed by atoms with van der Waals surface area (Å²) in [5.74, 6) is -3.02. The number of anilines is 1. The summed E-state index contributed by atoms with van der Waals surface area (Å²) in [7, 11) is 1.49. The molecule has 1 spiro atoms. The van der Waals surface area contributed by atoms with Gasteiger partial charge in [0.05, 0.1) is 36.8 Å². The van der Waals surface area contributed by atoms with E-state index >= 15 is 0 Å². The van der Waals surface area contributed by atoms with Crippen LogP contribution in [0.25, 0.3) is 0 Å². The highest BCUT2D eigenvalue weighted by Gasteiger charge is 2.71. The molecule has 1 aromatic rings. The number of nitrogens with zero attached hydrogens (tertiary/aromatic N) is 1. The molecule has 0 aromatic heterocycles. The Balaban J connectivity index is 1.88. The number of hydrogen-bond donors (Lipinski definition) is 3. The number of aliphatic hydroxyl groups excluding tert-OH is 1. The van der Waals surface area contributed by atoms with Crippen LogP contribution in [-0.4, -0.2) is 60.1 Å². The molecular formula is C19H22ClN3O5. The van der Waals surface area contributed by atoms with Crippen molar-refractivity contribution in [3.05, 3.63) is 28.3 Å². The molecule has 3 aliphatic rings. The first-order valence-electron chi connectivity index (χ1n) is 9.16. The Morgan fingerprint density at radius 1 is 1.32 bits per heavy atom. The number of aliphatic hydroxyl groups is 1. The smallest absolute Gasteiger partial charge is 0.250 e. The second-order valence-corrected chi connectivity index (χ2v) is 8.00. The van der Waals surface area contributed by atoms with Gasteiger partial charge in [0, 0.05) is 23.7 Å². The molecule has 0 bridgehead atoms. The number of benzene rings is 1. The largest absolute Gasteiger partial charge is 0.392 e. The van der Waals surface area contributed by atoms with Crippen LogP contribution in [0, 0.1) is 18.8 Å². The van der Waals surface area contributed by atoms with E-state index in [1.165, 1.54) is 7.11 Å². The summed E-state index contributed by atoms with van der Waals surface area (Å²) in [6.07, 6.45) is -0.934. The van der Waals surface area contributed by atoms with Gasteiger partial charge in [0.1, 0.15) is 5.54 Å². The Kier molecular flexibility index (Phi) is 4.50. The van der Waals surface area contributed by atoms with Crippen molar-refractivity contribution in [3.63, 3.8) is 0 Å². The van der Waals surface area contributed by atoms with E-state index in [1.54, 1.807) is 26.0 Å². The van der Waals surface area contributed by atoms with E-state index in [4.69, 9.17) is 16.3 Å². The summed E-state index contributed by atoms with van der Waals surface area (Å²) in [6, 6.07) is 2.64. The maximum Gasteiger partial charge on any atom is 0.250 e. The fourth-order valence-corrected chi connectivity index (χ4v) is 4.95. The normalized spacial score (nSPS) is 32.1. The van der Waals surface area contributed by atoms with Gasteiger partial charge < -0.3 is 15.2 Å². The van der Waals surface area contributed by atoms with Gasteiger partial charge >= 0.3 is 0 Å². The van der Waals surface area contributed by atoms with Crippen LogP contribution in [0.5, 0.6) is 0 Å². The number of nitrogens with one attached hydrogen (secondary N) is 2. The molecule has 2 fully saturated rings. The van der Waals surface area contributed by atoms with E-state index in [2.05, 4.69) is 10.6 Å². The molecule has 1 aromatic carbocycles. The van der Waals surface area contributed by atoms with Crippen LogP contribution in [0.15, 0.2) is 12.1 Å². The third kappa shape index (κ3) is 2.32. The molecule has 3 aliphatic heterocycles. The van der Waals surface area contributed by atoms with Gasteiger partial charge in [-0.2, -0.15) is 0 Å². The number of likely N-dealkylation sites (tertiary alicyclic amines) is 1. The molecule has 3 heterocycles. The second kappa shape index (κ2) is 6.52. The SMILES string of the molecule is COCCN1C(=O)[C@@H]2[C@@H]([C@H](C)O)N[C@]3(C(=O)Nc4c3ccc(Cl)c4C)[C@@H]2C1=O. The van der Waals surface area contributed by atoms with Crippen LogP contribution < -0.4 is 10.6 Å². The Morgan fingerprint density at radius 3 is 2.68 bits per heavy atom. The standard InChI is InChI=1S/C19H22ClN3O5/c1-8-11(20)5-4-10-14(8)21-18(27)19(10)13-12(15(22-19)9(2)24)16(25)23(17(13)26)6-7-28-3/h4-5,9,12-13,15,22,24H,6-7H2,1-3H3,(H,21,27)/t9-,12-,13-,15+,19-/m0/s1. The van der Waals surface area contributed by atoms with Crippen molar-refractivity contribution >= 4 is 35.0 Å². The van der Waals surface area contributed by atoms with Gasteiger partial charge in [-0.05, 0) is 25.5 Å². The number of ether oxygens (including phenoxy) is 1. The number of carbonyl (C=O) groups excluding carboxylic acids is 3. The lowest BCUT2D eigenvalue weighted by atomic mass is 9.76. The number of carbonyl (C=O) groups is 3. The fourth-order valence-electron chi connectivity index (χ4n) is 4.80. The molecule has 0 radical (unpaired) electrons. The highest BCUT2D eigenvalue weighted by molar-refractivity contribution is 6.32. The number of hydrogen-bond acceptors (Lipinski definition) is 6. The predicted octanol–water partition coefficient (Wildman–Crippen LogP) is 0.396. The number of amides is 3. The van der Waals surface area contributed by atoms with Gasteiger partial charge in [0.15, 0.2) is 0 Å². The molecule has 0 saturated carbocycles. The van der Waals surface area contributed by atoms with E-state index in [9.17, 15) is 19.5 Å². The Bertz CT molecular complexity index is 889. The molecule has 0 aliphatic carbocycles. The van der Waals surface area contributed by atoms with Gasteiger partial charge in [-0.25, -0.2) is 0 Å². The van der Waals surface area contributed by atoms with Crippen molar-refractivity contribution in [2.45, 2.75) is 31.5 Å². The first-order chi connectivity index (χ1) is 13.3.